The number of aliphatic imine (C=N–C) groups is 1. The largest absolute Gasteiger partial charge is 0.493 e. The third-order valence-electron chi connectivity index (χ3n) is 6.35. The van der Waals surface area contributed by atoms with Gasteiger partial charge in [0.15, 0.2) is 11.5 Å². The van der Waals surface area contributed by atoms with Crippen LogP contribution < -0.4 is 14.8 Å². The SMILES string of the molecule is COc1cc2c(c3c1OC(C)(C)C3)C(c1cccc(NC(=O)c3ccc(Cl)nc3Cl)c1)=NC(C)(C)C2. The highest BCUT2D eigenvalue weighted by molar-refractivity contribution is 6.35. The molecule has 3 aromatic rings. The van der Waals surface area contributed by atoms with Crippen LogP contribution in [0.2, 0.25) is 10.3 Å². The average Bonchev–Trinajstić information content (AvgIpc) is 3.12. The van der Waals surface area contributed by atoms with E-state index in [1.807, 2.05) is 24.3 Å². The quantitative estimate of drug-likeness (QED) is 0.394. The molecule has 0 saturated carbocycles. The lowest BCUT2D eigenvalue weighted by Crippen LogP contribution is -2.30. The number of aromatic nitrogens is 1. The monoisotopic (exact) mass is 523 g/mol. The Labute approximate surface area is 220 Å². The summed E-state index contributed by atoms with van der Waals surface area (Å²) in [6, 6.07) is 12.8. The summed E-state index contributed by atoms with van der Waals surface area (Å²) in [6.45, 7) is 8.40. The fourth-order valence-corrected chi connectivity index (χ4v) is 5.38. The van der Waals surface area contributed by atoms with Crippen LogP contribution in [0.25, 0.3) is 0 Å². The second-order valence-electron chi connectivity index (χ2n) is 10.4. The number of amides is 1. The van der Waals surface area contributed by atoms with Crippen LogP contribution >= 0.6 is 23.2 Å². The second kappa shape index (κ2) is 8.79. The fraction of sp³-hybridized carbons (Fsp3) is 0.321. The highest BCUT2D eigenvalue weighted by Gasteiger charge is 2.39. The van der Waals surface area contributed by atoms with Gasteiger partial charge in [-0.05, 0) is 70.0 Å². The van der Waals surface area contributed by atoms with Crippen molar-refractivity contribution in [2.75, 3.05) is 12.4 Å². The summed E-state index contributed by atoms with van der Waals surface area (Å²) in [6.07, 6.45) is 1.54. The van der Waals surface area contributed by atoms with Gasteiger partial charge in [-0.25, -0.2) is 4.98 Å². The fourth-order valence-electron chi connectivity index (χ4n) is 4.95. The molecule has 1 N–H and O–H groups in total. The summed E-state index contributed by atoms with van der Waals surface area (Å²) in [4.78, 5) is 22.0. The van der Waals surface area contributed by atoms with Crippen LogP contribution in [0.3, 0.4) is 0 Å². The van der Waals surface area contributed by atoms with Gasteiger partial charge in [0.25, 0.3) is 5.91 Å². The molecular weight excluding hydrogens is 497 g/mol. The standard InChI is InChI=1S/C28H27Cl2N3O3/c1-27(2)13-16-12-20(35-5)24-19(14-28(3,4)36-24)22(16)23(33-27)15-7-6-8-17(11-15)31-26(34)18-9-10-21(29)32-25(18)30/h6-12H,13-14H2,1-5H3,(H,31,34). The molecule has 0 unspecified atom stereocenters. The molecule has 0 saturated heterocycles. The third kappa shape index (κ3) is 4.56. The van der Waals surface area contributed by atoms with Crippen molar-refractivity contribution in [3.63, 3.8) is 0 Å². The predicted molar refractivity (Wildman–Crippen MR) is 143 cm³/mol. The van der Waals surface area contributed by atoms with Crippen molar-refractivity contribution in [2.45, 2.75) is 51.7 Å². The van der Waals surface area contributed by atoms with E-state index in [0.717, 1.165) is 46.7 Å². The lowest BCUT2D eigenvalue weighted by Gasteiger charge is -2.31. The molecule has 36 heavy (non-hydrogen) atoms. The number of methoxy groups -OCH3 is 1. The first-order valence-corrected chi connectivity index (χ1v) is 12.5. The van der Waals surface area contributed by atoms with E-state index >= 15 is 0 Å². The summed E-state index contributed by atoms with van der Waals surface area (Å²) in [7, 11) is 1.67. The van der Waals surface area contributed by atoms with Crippen molar-refractivity contribution < 1.29 is 14.3 Å². The lowest BCUT2D eigenvalue weighted by atomic mass is 9.81. The molecule has 3 heterocycles. The Bertz CT molecular complexity index is 1430. The van der Waals surface area contributed by atoms with Gasteiger partial charge in [0.05, 0.1) is 23.9 Å². The normalized spacial score (nSPS) is 16.9. The number of nitrogens with zero attached hydrogens (tertiary/aromatic N) is 2. The Kier molecular flexibility index (Phi) is 6.00. The molecule has 0 spiro atoms. The molecule has 8 heteroatoms. The van der Waals surface area contributed by atoms with Crippen LogP contribution in [0.1, 0.15) is 60.3 Å². The molecule has 6 nitrogen and oxygen atoms in total. The lowest BCUT2D eigenvalue weighted by molar-refractivity contribution is 0.102. The molecule has 2 aliphatic heterocycles. The first kappa shape index (κ1) is 24.6. The van der Waals surface area contributed by atoms with Gasteiger partial charge < -0.3 is 14.8 Å². The van der Waals surface area contributed by atoms with Crippen LogP contribution in [0, 0.1) is 0 Å². The molecule has 1 amide bonds. The maximum Gasteiger partial charge on any atom is 0.258 e. The smallest absolute Gasteiger partial charge is 0.258 e. The van der Waals surface area contributed by atoms with E-state index in [1.54, 1.807) is 13.2 Å². The van der Waals surface area contributed by atoms with Crippen molar-refractivity contribution in [1.82, 2.24) is 4.98 Å². The molecule has 0 radical (unpaired) electrons. The Morgan fingerprint density at radius 3 is 2.58 bits per heavy atom. The zero-order chi connectivity index (χ0) is 25.8. The Morgan fingerprint density at radius 1 is 1.08 bits per heavy atom. The Hall–Kier alpha value is -3.09. The molecule has 2 aliphatic rings. The number of pyridine rings is 1. The summed E-state index contributed by atoms with van der Waals surface area (Å²) in [5.41, 5.74) is 5.37. The van der Waals surface area contributed by atoms with Crippen LogP contribution in [0.15, 0.2) is 47.5 Å². The molecule has 5 rings (SSSR count). The number of halogens is 2. The average molecular weight is 524 g/mol. The summed E-state index contributed by atoms with van der Waals surface area (Å²) >= 11 is 12.0. The van der Waals surface area contributed by atoms with E-state index < -0.39 is 0 Å². The number of fused-ring (bicyclic) bond motifs is 3. The third-order valence-corrected chi connectivity index (χ3v) is 6.85. The first-order chi connectivity index (χ1) is 17.0. The van der Waals surface area contributed by atoms with Crippen LogP contribution in [-0.2, 0) is 12.8 Å². The van der Waals surface area contributed by atoms with Gasteiger partial charge in [0.1, 0.15) is 15.9 Å². The zero-order valence-corrected chi connectivity index (χ0v) is 22.3. The zero-order valence-electron chi connectivity index (χ0n) is 20.8. The summed E-state index contributed by atoms with van der Waals surface area (Å²) < 4.78 is 12.0. The number of rotatable bonds is 4. The van der Waals surface area contributed by atoms with E-state index in [0.29, 0.717) is 5.69 Å². The summed E-state index contributed by atoms with van der Waals surface area (Å²) in [5.74, 6) is 1.16. The van der Waals surface area contributed by atoms with Crippen molar-refractivity contribution >= 4 is 40.5 Å². The number of carbonyl (C=O) groups excluding carboxylic acids is 1. The van der Waals surface area contributed by atoms with Crippen LogP contribution in [0.4, 0.5) is 5.69 Å². The number of nitrogens with one attached hydrogen (secondary N) is 1. The minimum Gasteiger partial charge on any atom is -0.493 e. The minimum atomic E-state index is -0.367. The Morgan fingerprint density at radius 2 is 1.86 bits per heavy atom. The van der Waals surface area contributed by atoms with Gasteiger partial charge in [-0.3, -0.25) is 9.79 Å². The van der Waals surface area contributed by atoms with Gasteiger partial charge >= 0.3 is 0 Å². The van der Waals surface area contributed by atoms with Gasteiger partial charge in [-0.2, -0.15) is 0 Å². The Balaban J connectivity index is 1.57. The van der Waals surface area contributed by atoms with Gasteiger partial charge in [0, 0.05) is 28.8 Å². The number of carbonyl (C=O) groups is 1. The van der Waals surface area contributed by atoms with E-state index in [1.165, 1.54) is 11.6 Å². The number of ether oxygens (including phenoxy) is 2. The topological polar surface area (TPSA) is 72.8 Å². The molecule has 0 bridgehead atoms. The molecule has 2 aromatic carbocycles. The molecule has 1 aromatic heterocycles. The van der Waals surface area contributed by atoms with Crippen LogP contribution in [0.5, 0.6) is 11.5 Å². The summed E-state index contributed by atoms with van der Waals surface area (Å²) in [5, 5.41) is 3.20. The van der Waals surface area contributed by atoms with Crippen molar-refractivity contribution in [2.24, 2.45) is 4.99 Å². The molecule has 0 fully saturated rings. The van der Waals surface area contributed by atoms with Crippen molar-refractivity contribution in [1.29, 1.82) is 0 Å². The maximum atomic E-state index is 12.9. The molecule has 0 aliphatic carbocycles. The number of hydrogen-bond acceptors (Lipinski definition) is 5. The minimum absolute atomic E-state index is 0.0515. The predicted octanol–water partition coefficient (Wildman–Crippen LogP) is 6.53. The van der Waals surface area contributed by atoms with E-state index in [9.17, 15) is 4.79 Å². The van der Waals surface area contributed by atoms with Gasteiger partial charge in [-0.15, -0.1) is 0 Å². The highest BCUT2D eigenvalue weighted by atomic mass is 35.5. The van der Waals surface area contributed by atoms with Crippen molar-refractivity contribution in [3.05, 3.63) is 80.6 Å². The first-order valence-electron chi connectivity index (χ1n) is 11.7. The van der Waals surface area contributed by atoms with Gasteiger partial charge in [0.2, 0.25) is 0 Å². The van der Waals surface area contributed by atoms with Crippen molar-refractivity contribution in [3.8, 4) is 11.5 Å². The molecule has 0 atom stereocenters. The van der Waals surface area contributed by atoms with Crippen LogP contribution in [-0.4, -0.2) is 34.9 Å². The van der Waals surface area contributed by atoms with Gasteiger partial charge in [-0.1, -0.05) is 35.3 Å². The highest BCUT2D eigenvalue weighted by Crippen LogP contribution is 2.47. The van der Waals surface area contributed by atoms with E-state index in [2.05, 4.69) is 44.1 Å². The molecule has 186 valence electrons. The second-order valence-corrected chi connectivity index (χ2v) is 11.2. The van der Waals surface area contributed by atoms with E-state index in [4.69, 9.17) is 37.7 Å². The number of benzene rings is 2. The maximum absolute atomic E-state index is 12.9. The molecular formula is C28H27Cl2N3O3. The van der Waals surface area contributed by atoms with E-state index in [-0.39, 0.29) is 32.9 Å². The number of hydrogen-bond donors (Lipinski definition) is 1. The number of anilines is 1.